The van der Waals surface area contributed by atoms with Crippen LogP contribution in [0.2, 0.25) is 0 Å². The SMILES string of the molecule is Cl.N[C@@H]1C[C@H](N)CN(c2nc(Nc3ccccc3F)nc(N3C[C@H](N)C[C@H](N)C3)n2)C1. The van der Waals surface area contributed by atoms with Gasteiger partial charge in [-0.15, -0.1) is 12.4 Å². The largest absolute Gasteiger partial charge is 0.338 e. The number of hydrogen-bond donors (Lipinski definition) is 5. The van der Waals surface area contributed by atoms with E-state index in [9.17, 15) is 4.39 Å². The van der Waals surface area contributed by atoms with Crippen LogP contribution in [-0.4, -0.2) is 65.3 Å². The van der Waals surface area contributed by atoms with Crippen molar-refractivity contribution in [1.82, 2.24) is 15.0 Å². The van der Waals surface area contributed by atoms with Gasteiger partial charge >= 0.3 is 0 Å². The lowest BCUT2D eigenvalue weighted by Crippen LogP contribution is -2.54. The number of benzene rings is 1. The number of aromatic nitrogens is 3. The molecule has 9 N–H and O–H groups in total. The molecule has 0 aliphatic carbocycles. The second-order valence-corrected chi connectivity index (χ2v) is 8.19. The molecule has 2 aromatic rings. The molecule has 0 bridgehead atoms. The molecule has 170 valence electrons. The summed E-state index contributed by atoms with van der Waals surface area (Å²) in [5, 5.41) is 2.96. The van der Waals surface area contributed by atoms with Gasteiger partial charge in [0.05, 0.1) is 5.69 Å². The van der Waals surface area contributed by atoms with Crippen LogP contribution in [0.4, 0.5) is 27.9 Å². The fourth-order valence-electron chi connectivity index (χ4n) is 4.06. The number of piperidine rings is 2. The molecule has 0 amide bonds. The van der Waals surface area contributed by atoms with Gasteiger partial charge in [0, 0.05) is 50.3 Å². The van der Waals surface area contributed by atoms with Gasteiger partial charge in [-0.2, -0.15) is 15.0 Å². The highest BCUT2D eigenvalue weighted by molar-refractivity contribution is 5.85. The third-order valence-electron chi connectivity index (χ3n) is 5.33. The topological polar surface area (TPSA) is 161 Å². The number of halogens is 2. The lowest BCUT2D eigenvalue weighted by molar-refractivity contribution is 0.441. The molecule has 31 heavy (non-hydrogen) atoms. The number of hydrogen-bond acceptors (Lipinski definition) is 10. The average molecular weight is 453 g/mol. The first kappa shape index (κ1) is 23.4. The van der Waals surface area contributed by atoms with Gasteiger partial charge in [-0.25, -0.2) is 4.39 Å². The molecule has 2 fully saturated rings. The van der Waals surface area contributed by atoms with Gasteiger partial charge < -0.3 is 38.1 Å². The summed E-state index contributed by atoms with van der Waals surface area (Å²) < 4.78 is 14.2. The van der Waals surface area contributed by atoms with E-state index in [1.165, 1.54) is 6.07 Å². The fraction of sp³-hybridized carbons (Fsp3) is 0.526. The second-order valence-electron chi connectivity index (χ2n) is 8.19. The fourth-order valence-corrected chi connectivity index (χ4v) is 4.06. The second kappa shape index (κ2) is 9.88. The Labute approximate surface area is 187 Å². The maximum atomic E-state index is 14.2. The van der Waals surface area contributed by atoms with Crippen LogP contribution >= 0.6 is 12.4 Å². The molecule has 0 unspecified atom stereocenters. The molecule has 0 radical (unpaired) electrons. The van der Waals surface area contributed by atoms with E-state index in [0.29, 0.717) is 38.1 Å². The molecule has 2 aliphatic heterocycles. The number of nitrogens with two attached hydrogens (primary N) is 4. The maximum Gasteiger partial charge on any atom is 0.233 e. The third-order valence-corrected chi connectivity index (χ3v) is 5.33. The zero-order valence-electron chi connectivity index (χ0n) is 17.2. The van der Waals surface area contributed by atoms with Gasteiger partial charge in [-0.05, 0) is 25.0 Å². The number of nitrogens with one attached hydrogen (secondary N) is 1. The van der Waals surface area contributed by atoms with E-state index < -0.39 is 5.82 Å². The zero-order valence-corrected chi connectivity index (χ0v) is 18.0. The Morgan fingerprint density at radius 2 is 1.23 bits per heavy atom. The first-order valence-corrected chi connectivity index (χ1v) is 10.2. The van der Waals surface area contributed by atoms with E-state index in [4.69, 9.17) is 22.9 Å². The summed E-state index contributed by atoms with van der Waals surface area (Å²) in [4.78, 5) is 17.6. The quantitative estimate of drug-likeness (QED) is 0.423. The van der Waals surface area contributed by atoms with Crippen molar-refractivity contribution in [3.8, 4) is 0 Å². The molecule has 3 heterocycles. The molecule has 0 saturated carbocycles. The van der Waals surface area contributed by atoms with E-state index in [1.54, 1.807) is 18.2 Å². The summed E-state index contributed by atoms with van der Waals surface area (Å²) in [5.74, 6) is 0.722. The summed E-state index contributed by atoms with van der Waals surface area (Å²) in [6, 6.07) is 6.05. The Morgan fingerprint density at radius 3 is 1.68 bits per heavy atom. The van der Waals surface area contributed by atoms with Crippen molar-refractivity contribution in [2.24, 2.45) is 22.9 Å². The first-order valence-electron chi connectivity index (χ1n) is 10.2. The number of rotatable bonds is 4. The molecule has 1 aromatic carbocycles. The number of para-hydroxylation sites is 1. The Morgan fingerprint density at radius 1 is 0.774 bits per heavy atom. The van der Waals surface area contributed by atoms with Crippen LogP contribution in [0, 0.1) is 5.82 Å². The van der Waals surface area contributed by atoms with Gasteiger partial charge in [0.2, 0.25) is 17.8 Å². The molecule has 4 rings (SSSR count). The molecule has 2 saturated heterocycles. The first-order chi connectivity index (χ1) is 14.4. The standard InChI is InChI=1S/C19H29FN10.ClH/c20-15-3-1-2-4-16(15)25-17-26-18(29-7-11(21)5-12(22)8-29)28-19(27-17)30-9-13(23)6-14(24)10-30;/h1-4,11-14H,5-10,21-24H2,(H,25,26,27,28);1H/t11-,12+,13-,14+;. The smallest absolute Gasteiger partial charge is 0.233 e. The number of anilines is 4. The van der Waals surface area contributed by atoms with Crippen molar-refractivity contribution in [3.63, 3.8) is 0 Å². The van der Waals surface area contributed by atoms with Crippen molar-refractivity contribution in [2.45, 2.75) is 37.0 Å². The minimum absolute atomic E-state index is 0. The molecule has 12 heteroatoms. The Bertz CT molecular complexity index is 822. The van der Waals surface area contributed by atoms with Crippen LogP contribution in [0.1, 0.15) is 12.8 Å². The van der Waals surface area contributed by atoms with E-state index in [1.807, 2.05) is 9.80 Å². The van der Waals surface area contributed by atoms with Crippen LogP contribution in [0.3, 0.4) is 0 Å². The van der Waals surface area contributed by atoms with Crippen LogP contribution in [0.5, 0.6) is 0 Å². The summed E-state index contributed by atoms with van der Waals surface area (Å²) >= 11 is 0. The molecular formula is C19H30ClFN10. The zero-order chi connectivity index (χ0) is 21.3. The van der Waals surface area contributed by atoms with Crippen molar-refractivity contribution in [3.05, 3.63) is 30.1 Å². The van der Waals surface area contributed by atoms with Crippen LogP contribution in [0.15, 0.2) is 24.3 Å². The molecule has 1 aromatic heterocycles. The summed E-state index contributed by atoms with van der Waals surface area (Å²) in [5.41, 5.74) is 24.9. The third kappa shape index (κ3) is 5.69. The lowest BCUT2D eigenvalue weighted by Gasteiger charge is -2.37. The van der Waals surface area contributed by atoms with Gasteiger partial charge in [-0.1, -0.05) is 12.1 Å². The Hall–Kier alpha value is -2.31. The van der Waals surface area contributed by atoms with E-state index in [-0.39, 0.29) is 48.2 Å². The lowest BCUT2D eigenvalue weighted by atomic mass is 10.0. The van der Waals surface area contributed by atoms with Crippen molar-refractivity contribution >= 4 is 35.9 Å². The molecule has 2 aliphatic rings. The minimum atomic E-state index is -0.398. The van der Waals surface area contributed by atoms with Gasteiger partial charge in [0.25, 0.3) is 0 Å². The van der Waals surface area contributed by atoms with E-state index in [0.717, 1.165) is 12.8 Å². The number of nitrogens with zero attached hydrogens (tertiary/aromatic N) is 5. The van der Waals surface area contributed by atoms with E-state index >= 15 is 0 Å². The highest BCUT2D eigenvalue weighted by atomic mass is 35.5. The average Bonchev–Trinajstić information content (AvgIpc) is 2.68. The normalized spacial score (nSPS) is 26.4. The van der Waals surface area contributed by atoms with Crippen molar-refractivity contribution < 1.29 is 4.39 Å². The maximum absolute atomic E-state index is 14.2. The summed E-state index contributed by atoms with van der Waals surface area (Å²) in [6.07, 6.45) is 1.48. The van der Waals surface area contributed by atoms with Crippen LogP contribution in [-0.2, 0) is 0 Å². The summed E-state index contributed by atoms with van der Waals surface area (Å²) in [7, 11) is 0. The Balaban J connectivity index is 0.00000272. The van der Waals surface area contributed by atoms with E-state index in [2.05, 4.69) is 20.3 Å². The van der Waals surface area contributed by atoms with Crippen LogP contribution in [0.25, 0.3) is 0 Å². The highest BCUT2D eigenvalue weighted by Crippen LogP contribution is 2.24. The van der Waals surface area contributed by atoms with Crippen molar-refractivity contribution in [1.29, 1.82) is 0 Å². The molecule has 10 nitrogen and oxygen atoms in total. The van der Waals surface area contributed by atoms with Gasteiger partial charge in [-0.3, -0.25) is 0 Å². The van der Waals surface area contributed by atoms with Gasteiger partial charge in [0.15, 0.2) is 0 Å². The summed E-state index contributed by atoms with van der Waals surface area (Å²) in [6.45, 7) is 2.31. The predicted octanol–water partition coefficient (Wildman–Crippen LogP) is -0.0945. The predicted molar refractivity (Wildman–Crippen MR) is 122 cm³/mol. The molecular weight excluding hydrogens is 423 g/mol. The highest BCUT2D eigenvalue weighted by Gasteiger charge is 2.28. The monoisotopic (exact) mass is 452 g/mol. The van der Waals surface area contributed by atoms with Gasteiger partial charge in [0.1, 0.15) is 5.82 Å². The molecule has 0 spiro atoms. The Kier molecular flexibility index (Phi) is 7.44. The van der Waals surface area contributed by atoms with Crippen molar-refractivity contribution in [2.75, 3.05) is 41.3 Å². The molecule has 4 atom stereocenters. The minimum Gasteiger partial charge on any atom is -0.338 e. The van der Waals surface area contributed by atoms with Crippen LogP contribution < -0.4 is 38.1 Å².